The number of piperazine rings is 1. The highest BCUT2D eigenvalue weighted by Gasteiger charge is 2.29. The van der Waals surface area contributed by atoms with E-state index in [4.69, 9.17) is 0 Å². The molecular weight excluding hydrogens is 390 g/mol. The van der Waals surface area contributed by atoms with Crippen molar-refractivity contribution in [1.82, 2.24) is 24.7 Å². The van der Waals surface area contributed by atoms with Crippen LogP contribution in [-0.2, 0) is 4.79 Å². The molecule has 0 radical (unpaired) electrons. The number of aliphatic imine (C=N–C) groups is 1. The van der Waals surface area contributed by atoms with Gasteiger partial charge in [-0.1, -0.05) is 25.1 Å². The quantitative estimate of drug-likeness (QED) is 0.599. The van der Waals surface area contributed by atoms with Gasteiger partial charge in [-0.25, -0.2) is 4.98 Å². The first kappa shape index (κ1) is 21.2. The van der Waals surface area contributed by atoms with E-state index in [2.05, 4.69) is 60.8 Å². The first-order chi connectivity index (χ1) is 15.2. The Balaban J connectivity index is 1.27. The zero-order chi connectivity index (χ0) is 21.6. The number of imidazole rings is 1. The van der Waals surface area contributed by atoms with Crippen molar-refractivity contribution in [3.05, 3.63) is 49.1 Å². The summed E-state index contributed by atoms with van der Waals surface area (Å²) in [7, 11) is 1.79. The van der Waals surface area contributed by atoms with Crippen molar-refractivity contribution in [3.63, 3.8) is 0 Å². The standard InChI is InChI=1S/C23H33N7O/c1-19-8-10-29(17-21(19)30-11-9-25-18-30)23(24-2)26-16-22(31)28-14-12-27(13-15-28)20-6-4-3-5-7-20/h3-7,9,11,18-19,21H,8,10,12-17H2,1-2H3,(H,24,26). The van der Waals surface area contributed by atoms with E-state index >= 15 is 0 Å². The van der Waals surface area contributed by atoms with Crippen LogP contribution < -0.4 is 10.2 Å². The number of hydrogen-bond donors (Lipinski definition) is 1. The number of anilines is 1. The maximum atomic E-state index is 12.8. The lowest BCUT2D eigenvalue weighted by Gasteiger charge is -2.39. The Hall–Kier alpha value is -3.03. The summed E-state index contributed by atoms with van der Waals surface area (Å²) in [5, 5.41) is 3.31. The average molecular weight is 424 g/mol. The van der Waals surface area contributed by atoms with Gasteiger partial charge in [-0.2, -0.15) is 0 Å². The van der Waals surface area contributed by atoms with Crippen molar-refractivity contribution in [2.45, 2.75) is 19.4 Å². The molecule has 2 aliphatic rings. The third-order valence-corrected chi connectivity index (χ3v) is 6.49. The van der Waals surface area contributed by atoms with Crippen LogP contribution in [0.1, 0.15) is 19.4 Å². The number of rotatable bonds is 4. The molecule has 2 saturated heterocycles. The molecule has 1 N–H and O–H groups in total. The molecule has 2 aliphatic heterocycles. The third-order valence-electron chi connectivity index (χ3n) is 6.49. The highest BCUT2D eigenvalue weighted by atomic mass is 16.2. The molecule has 3 heterocycles. The number of nitrogens with zero attached hydrogens (tertiary/aromatic N) is 6. The van der Waals surface area contributed by atoms with Crippen molar-refractivity contribution in [2.75, 3.05) is 57.8 Å². The number of guanidine groups is 1. The lowest BCUT2D eigenvalue weighted by atomic mass is 9.93. The zero-order valence-electron chi connectivity index (χ0n) is 18.5. The van der Waals surface area contributed by atoms with Crippen molar-refractivity contribution in [2.24, 2.45) is 10.9 Å². The highest BCUT2D eigenvalue weighted by Crippen LogP contribution is 2.27. The minimum absolute atomic E-state index is 0.130. The van der Waals surface area contributed by atoms with Crippen LogP contribution in [0.15, 0.2) is 54.0 Å². The van der Waals surface area contributed by atoms with E-state index in [1.54, 1.807) is 7.05 Å². The third kappa shape index (κ3) is 5.00. The second-order valence-electron chi connectivity index (χ2n) is 8.39. The monoisotopic (exact) mass is 423 g/mol. The lowest BCUT2D eigenvalue weighted by molar-refractivity contribution is -0.130. The fourth-order valence-electron chi connectivity index (χ4n) is 4.55. The maximum Gasteiger partial charge on any atom is 0.242 e. The van der Waals surface area contributed by atoms with Crippen LogP contribution in [0.4, 0.5) is 5.69 Å². The van der Waals surface area contributed by atoms with Gasteiger partial charge in [0.05, 0.1) is 18.9 Å². The van der Waals surface area contributed by atoms with Crippen LogP contribution >= 0.6 is 0 Å². The summed E-state index contributed by atoms with van der Waals surface area (Å²) in [5.74, 6) is 1.50. The summed E-state index contributed by atoms with van der Waals surface area (Å²) in [6.45, 7) is 7.59. The molecule has 2 fully saturated rings. The molecule has 0 spiro atoms. The second-order valence-corrected chi connectivity index (χ2v) is 8.39. The predicted octanol–water partition coefficient (Wildman–Crippen LogP) is 1.69. The highest BCUT2D eigenvalue weighted by molar-refractivity contribution is 5.86. The molecule has 4 rings (SSSR count). The molecule has 8 nitrogen and oxygen atoms in total. The van der Waals surface area contributed by atoms with Crippen molar-refractivity contribution in [3.8, 4) is 0 Å². The van der Waals surface area contributed by atoms with Gasteiger partial charge in [0, 0.05) is 64.4 Å². The molecular formula is C23H33N7O. The number of amides is 1. The number of para-hydroxylation sites is 1. The topological polar surface area (TPSA) is 69.0 Å². The minimum Gasteiger partial charge on any atom is -0.368 e. The Labute approximate surface area is 184 Å². The molecule has 1 amide bonds. The first-order valence-corrected chi connectivity index (χ1v) is 11.2. The number of aromatic nitrogens is 2. The van der Waals surface area contributed by atoms with E-state index in [1.807, 2.05) is 29.7 Å². The molecule has 0 aliphatic carbocycles. The van der Waals surface area contributed by atoms with E-state index in [0.717, 1.165) is 51.6 Å². The summed E-state index contributed by atoms with van der Waals surface area (Å²) >= 11 is 0. The fourth-order valence-corrected chi connectivity index (χ4v) is 4.55. The number of carbonyl (C=O) groups is 1. The minimum atomic E-state index is 0.130. The van der Waals surface area contributed by atoms with Gasteiger partial charge in [0.2, 0.25) is 5.91 Å². The lowest BCUT2D eigenvalue weighted by Crippen LogP contribution is -2.54. The van der Waals surface area contributed by atoms with Gasteiger partial charge >= 0.3 is 0 Å². The molecule has 0 saturated carbocycles. The average Bonchev–Trinajstić information content (AvgIpc) is 3.35. The normalized spacial score (nSPS) is 22.5. The SMILES string of the molecule is CN=C(NCC(=O)N1CCN(c2ccccc2)CC1)N1CCC(C)C(n2ccnc2)C1. The van der Waals surface area contributed by atoms with Gasteiger partial charge in [-0.05, 0) is 24.5 Å². The van der Waals surface area contributed by atoms with Gasteiger partial charge in [-0.15, -0.1) is 0 Å². The Morgan fingerprint density at radius 3 is 2.58 bits per heavy atom. The van der Waals surface area contributed by atoms with E-state index in [1.165, 1.54) is 5.69 Å². The molecule has 166 valence electrons. The molecule has 8 heteroatoms. The number of nitrogens with one attached hydrogen (secondary N) is 1. The summed E-state index contributed by atoms with van der Waals surface area (Å²) in [4.78, 5) is 28.0. The number of carbonyl (C=O) groups excluding carboxylic acids is 1. The summed E-state index contributed by atoms with van der Waals surface area (Å²) in [6, 6.07) is 10.8. The summed E-state index contributed by atoms with van der Waals surface area (Å²) in [6.07, 6.45) is 6.83. The van der Waals surface area contributed by atoms with Crippen LogP contribution in [0.5, 0.6) is 0 Å². The predicted molar refractivity (Wildman–Crippen MR) is 123 cm³/mol. The maximum absolute atomic E-state index is 12.8. The van der Waals surface area contributed by atoms with Crippen LogP contribution in [-0.4, -0.2) is 84.1 Å². The van der Waals surface area contributed by atoms with Crippen LogP contribution in [0.25, 0.3) is 0 Å². The molecule has 2 aromatic rings. The first-order valence-electron chi connectivity index (χ1n) is 11.2. The van der Waals surface area contributed by atoms with Gasteiger partial charge in [0.1, 0.15) is 0 Å². The fraction of sp³-hybridized carbons (Fsp3) is 0.522. The molecule has 31 heavy (non-hydrogen) atoms. The van der Waals surface area contributed by atoms with Crippen LogP contribution in [0, 0.1) is 5.92 Å². The number of piperidine rings is 1. The summed E-state index contributed by atoms with van der Waals surface area (Å²) in [5.41, 5.74) is 1.22. The molecule has 2 atom stereocenters. The van der Waals surface area contributed by atoms with Gasteiger partial charge < -0.3 is 24.6 Å². The Morgan fingerprint density at radius 2 is 1.90 bits per heavy atom. The van der Waals surface area contributed by atoms with E-state index < -0.39 is 0 Å². The van der Waals surface area contributed by atoms with E-state index in [0.29, 0.717) is 12.0 Å². The van der Waals surface area contributed by atoms with Gasteiger partial charge in [0.25, 0.3) is 0 Å². The Kier molecular flexibility index (Phi) is 6.74. The summed E-state index contributed by atoms with van der Waals surface area (Å²) < 4.78 is 2.18. The van der Waals surface area contributed by atoms with E-state index in [-0.39, 0.29) is 12.5 Å². The van der Waals surface area contributed by atoms with Crippen LogP contribution in [0.3, 0.4) is 0 Å². The van der Waals surface area contributed by atoms with Gasteiger partial charge in [0.15, 0.2) is 5.96 Å². The second kappa shape index (κ2) is 9.85. The Bertz CT molecular complexity index is 859. The molecule has 0 bridgehead atoms. The number of likely N-dealkylation sites (tertiary alicyclic amines) is 1. The van der Waals surface area contributed by atoms with Crippen LogP contribution in [0.2, 0.25) is 0 Å². The number of benzene rings is 1. The largest absolute Gasteiger partial charge is 0.368 e. The smallest absolute Gasteiger partial charge is 0.242 e. The number of hydrogen-bond acceptors (Lipinski definition) is 4. The van der Waals surface area contributed by atoms with Gasteiger partial charge in [-0.3, -0.25) is 9.79 Å². The van der Waals surface area contributed by atoms with Crippen molar-refractivity contribution in [1.29, 1.82) is 0 Å². The Morgan fingerprint density at radius 1 is 1.13 bits per heavy atom. The van der Waals surface area contributed by atoms with Crippen molar-refractivity contribution < 1.29 is 4.79 Å². The molecule has 1 aromatic heterocycles. The van der Waals surface area contributed by atoms with Crippen molar-refractivity contribution >= 4 is 17.6 Å². The van der Waals surface area contributed by atoms with E-state index in [9.17, 15) is 4.79 Å². The molecule has 2 unspecified atom stereocenters. The molecule has 1 aromatic carbocycles. The zero-order valence-corrected chi connectivity index (χ0v) is 18.5.